The van der Waals surface area contributed by atoms with Gasteiger partial charge in [0.25, 0.3) is 0 Å². The van der Waals surface area contributed by atoms with E-state index in [1.807, 2.05) is 24.3 Å². The van der Waals surface area contributed by atoms with Crippen LogP contribution in [0, 0.1) is 20.5 Å². The van der Waals surface area contributed by atoms with E-state index < -0.39 is 52.2 Å². The molecule has 10 aromatic carbocycles. The number of fused-ring (bicyclic) bond motifs is 6. The molecule has 0 saturated carbocycles. The average molecular weight is 1940 g/mol. The number of hydrogen-bond acceptors (Lipinski definition) is 12. The Hall–Kier alpha value is -4.06. The van der Waals surface area contributed by atoms with Gasteiger partial charge in [0, 0.05) is 64.2 Å². The van der Waals surface area contributed by atoms with Gasteiger partial charge in [-0.3, -0.25) is 19.9 Å². The van der Waals surface area contributed by atoms with Gasteiger partial charge in [0.15, 0.2) is 11.8 Å². The van der Waals surface area contributed by atoms with E-state index >= 15 is 0 Å². The number of aromatic nitrogens is 4. The summed E-state index contributed by atoms with van der Waals surface area (Å²) in [4.78, 5) is 17.7. The van der Waals surface area contributed by atoms with Gasteiger partial charge in [-0.05, 0) is 185 Å². The van der Waals surface area contributed by atoms with Gasteiger partial charge in [-0.1, -0.05) is 170 Å². The number of rotatable bonds is 12. The summed E-state index contributed by atoms with van der Waals surface area (Å²) in [5.74, 6) is 2.49. The molecule has 12 nitrogen and oxygen atoms in total. The van der Waals surface area contributed by atoms with Gasteiger partial charge < -0.3 is 0 Å². The van der Waals surface area contributed by atoms with Crippen molar-refractivity contribution in [3.05, 3.63) is 334 Å². The van der Waals surface area contributed by atoms with Crippen LogP contribution in [0.4, 0.5) is 0 Å². The zero-order valence-corrected chi connectivity index (χ0v) is 71.1. The van der Waals surface area contributed by atoms with Gasteiger partial charge in [0.05, 0.1) is 32.7 Å². The second-order valence-corrected chi connectivity index (χ2v) is 39.3. The fourth-order valence-electron chi connectivity index (χ4n) is 10.4. The minimum atomic E-state index is -4.94. The van der Waals surface area contributed by atoms with Gasteiger partial charge in [-0.15, -0.1) is 66.9 Å². The van der Waals surface area contributed by atoms with E-state index in [4.69, 9.17) is 83.7 Å². The van der Waals surface area contributed by atoms with E-state index in [-0.39, 0.29) is 44.8 Å². The van der Waals surface area contributed by atoms with Crippen molar-refractivity contribution in [1.29, 1.82) is 0 Å². The van der Waals surface area contributed by atoms with Crippen LogP contribution in [0.15, 0.2) is 334 Å². The normalized spacial score (nSPS) is 10.7. The summed E-state index contributed by atoms with van der Waals surface area (Å²) in [6.45, 7) is 0. The summed E-state index contributed by atoms with van der Waals surface area (Å²) in [6, 6.07) is 105. The Kier molecular flexibility index (Phi) is 42.2. The number of pyridine rings is 4. The zero-order chi connectivity index (χ0) is 73.3. The summed E-state index contributed by atoms with van der Waals surface area (Å²) < 4.78 is 71.9. The van der Waals surface area contributed by atoms with Crippen molar-refractivity contribution in [3.63, 3.8) is 0 Å². The molecule has 28 heteroatoms. The Labute approximate surface area is 688 Å². The van der Waals surface area contributed by atoms with E-state index in [0.29, 0.717) is 0 Å². The first kappa shape index (κ1) is 90.6. The number of hydrogen-bond donors (Lipinski definition) is 0. The van der Waals surface area contributed by atoms with Crippen molar-refractivity contribution in [2.24, 2.45) is 0 Å². The van der Waals surface area contributed by atoms with Crippen LogP contribution in [0.3, 0.4) is 0 Å². The Morgan fingerprint density at radius 3 is 0.500 bits per heavy atom. The third-order valence-electron chi connectivity index (χ3n) is 14.6. The summed E-state index contributed by atoms with van der Waals surface area (Å²) in [6.07, 6.45) is 7.19. The van der Waals surface area contributed by atoms with Crippen LogP contribution in [0.25, 0.3) is 43.6 Å². The van der Waals surface area contributed by atoms with Crippen molar-refractivity contribution < 1.29 is 91.9 Å². The molecular weight excluding hydrogens is 1880 g/mol. The molecule has 0 aliphatic rings. The molecule has 0 unspecified atom stereocenters. The SMILES string of the molecule is Brc1cnc2c(ccc3cc(Br)cnc32)c1.Brc1cnc2c(ccc3cc(Br)cnc32)c1.ClCCl.ClCCl.[Cu+].[Cu+].[O-][Cl+3]([O-])([O-])[O-].[O-][Cl+3]([O-])([O-])[O-].c1ccc([PH+](C[PH+](c2ccccc2)c2ccccc2)c2ccccc2)cc1.c1ccc([PH+](C[PH+](c2ccccc2)c2ccccc2)c2ccccc2)cc1. The number of benzene rings is 10. The van der Waals surface area contributed by atoms with Crippen molar-refractivity contribution in [2.45, 2.75) is 0 Å². The molecule has 0 saturated heterocycles. The Balaban J connectivity index is 0.000000236. The molecule has 0 atom stereocenters. The molecule has 0 aliphatic carbocycles. The molecule has 544 valence electrons. The molecule has 0 spiro atoms. The maximum absolute atomic E-state index is 8.49. The minimum absolute atomic E-state index is 0. The van der Waals surface area contributed by atoms with Crippen molar-refractivity contribution in [2.75, 3.05) is 22.5 Å². The van der Waals surface area contributed by atoms with E-state index in [2.05, 4.69) is 351 Å². The molecule has 0 aliphatic heterocycles. The third kappa shape index (κ3) is 31.9. The standard InChI is InChI=1S/2C25H22P2.2C12H6Br2N2.2CH2Cl2.2ClHO4.2Cu/c2*1-5-13-22(14-6-1)26(23-15-7-2-8-16-23)21-27(24-17-9-3-10-18-24)25-19-11-4-12-20-25;2*13-9-3-7-1-2-8-4-10(14)6-16-12(8)11(7)15-5-9;2*2-1-3;2*2-1(3,4)5;;/h2*1-20H,21H2;2*1-6H;2*1H2;2*(H,2,3,4,5);;/q;;;;;;;;2*+1/p+2. The second-order valence-electron chi connectivity index (χ2n) is 21.2. The monoisotopic (exact) mass is 1940 g/mol. The molecule has 4 heterocycles. The zero-order valence-electron chi connectivity index (χ0n) is 54.3. The molecule has 0 N–H and O–H groups in total. The maximum atomic E-state index is 8.49. The number of halogens is 10. The van der Waals surface area contributed by atoms with Crippen molar-refractivity contribution in [1.82, 2.24) is 19.9 Å². The van der Waals surface area contributed by atoms with Gasteiger partial charge in [0.1, 0.15) is 74.1 Å². The molecule has 0 fully saturated rings. The first-order chi connectivity index (χ1) is 49.1. The van der Waals surface area contributed by atoms with Gasteiger partial charge in [-0.25, -0.2) is 37.3 Å². The molecule has 104 heavy (non-hydrogen) atoms. The summed E-state index contributed by atoms with van der Waals surface area (Å²) in [5.41, 5.74) is 3.75. The van der Waals surface area contributed by atoms with Crippen LogP contribution in [-0.4, -0.2) is 42.4 Å². The Bertz CT molecular complexity index is 4000. The van der Waals surface area contributed by atoms with Crippen LogP contribution in [0.5, 0.6) is 0 Å². The predicted octanol–water partition coefficient (Wildman–Crippen LogP) is 11.3. The fraction of sp³-hybridized carbons (Fsp3) is 0.0526. The number of nitrogens with zero attached hydrogens (tertiary/aromatic N) is 4. The molecule has 0 radical (unpaired) electrons. The predicted molar refractivity (Wildman–Crippen MR) is 430 cm³/mol. The Morgan fingerprint density at radius 2 is 0.375 bits per heavy atom. The summed E-state index contributed by atoms with van der Waals surface area (Å²) in [5, 5.41) is 16.8. The van der Waals surface area contributed by atoms with E-state index in [9.17, 15) is 0 Å². The molecule has 0 bridgehead atoms. The van der Waals surface area contributed by atoms with Crippen molar-refractivity contribution in [3.8, 4) is 0 Å². The van der Waals surface area contributed by atoms with Gasteiger partial charge >= 0.3 is 34.1 Å². The molecule has 4 aromatic heterocycles. The van der Waals surface area contributed by atoms with E-state index in [1.165, 1.54) is 54.2 Å². The first-order valence-electron chi connectivity index (χ1n) is 30.5. The average Bonchev–Trinajstić information content (AvgIpc) is 0.801. The molecular formula is C76H64Br4Cl6Cu2N4O8P4+4. The Morgan fingerprint density at radius 1 is 0.250 bits per heavy atom. The smallest absolute Gasteiger partial charge is 0.253 e. The van der Waals surface area contributed by atoms with Gasteiger partial charge in [0.2, 0.25) is 0 Å². The second kappa shape index (κ2) is 48.5. The van der Waals surface area contributed by atoms with E-state index in [0.717, 1.165) is 61.5 Å². The van der Waals surface area contributed by atoms with Crippen LogP contribution in [-0.2, 0) is 34.1 Å². The first-order valence-corrected chi connectivity index (χ1v) is 45.1. The fourth-order valence-corrected chi connectivity index (χ4v) is 27.3. The van der Waals surface area contributed by atoms with Gasteiger partial charge in [-0.2, -0.15) is 0 Å². The minimum Gasteiger partial charge on any atom is -0.253 e. The third-order valence-corrected chi connectivity index (χ3v) is 30.2. The van der Waals surface area contributed by atoms with Crippen LogP contribution in [0.2, 0.25) is 0 Å². The largest absolute Gasteiger partial charge is 1.00 e. The van der Waals surface area contributed by atoms with Crippen LogP contribution < -0.4 is 79.7 Å². The quantitative estimate of drug-likeness (QED) is 0.0481. The van der Waals surface area contributed by atoms with Crippen molar-refractivity contribution >= 4 is 228 Å². The van der Waals surface area contributed by atoms with Crippen LogP contribution >= 0.6 is 142 Å². The maximum Gasteiger partial charge on any atom is 1.00 e. The number of alkyl halides is 4. The summed E-state index contributed by atoms with van der Waals surface area (Å²) in [7, 11) is -13.3. The topological polar surface area (TPSA) is 236 Å². The molecule has 0 amide bonds. The molecule has 14 aromatic rings. The van der Waals surface area contributed by atoms with E-state index in [1.54, 1.807) is 24.8 Å². The summed E-state index contributed by atoms with van der Waals surface area (Å²) >= 11 is 32.7. The molecule has 14 rings (SSSR count). The van der Waals surface area contributed by atoms with Crippen LogP contribution in [0.1, 0.15) is 0 Å².